The van der Waals surface area contributed by atoms with Crippen LogP contribution in [-0.4, -0.2) is 13.4 Å². The standard InChI is InChI=1S/C18H17ClN2O2S2/c1-13-2-4-14(5-3-13)10-16-11-20-18(24-16)12-21-25(22,23)17-8-6-15(19)7-9-17/h2-9,11,21H,10,12H2,1H3. The minimum Gasteiger partial charge on any atom is -0.248 e. The van der Waals surface area contributed by atoms with Crippen molar-refractivity contribution in [2.45, 2.75) is 24.8 Å². The Morgan fingerprint density at radius 3 is 2.44 bits per heavy atom. The van der Waals surface area contributed by atoms with E-state index in [9.17, 15) is 8.42 Å². The van der Waals surface area contributed by atoms with Crippen LogP contribution in [0.4, 0.5) is 0 Å². The molecule has 4 nitrogen and oxygen atoms in total. The molecule has 0 saturated heterocycles. The fourth-order valence-electron chi connectivity index (χ4n) is 2.27. The van der Waals surface area contributed by atoms with E-state index in [1.165, 1.54) is 34.6 Å². The van der Waals surface area contributed by atoms with Crippen molar-refractivity contribution in [2.75, 3.05) is 0 Å². The maximum absolute atomic E-state index is 12.3. The molecule has 1 heterocycles. The minimum atomic E-state index is -3.57. The summed E-state index contributed by atoms with van der Waals surface area (Å²) in [5, 5.41) is 1.24. The molecule has 0 radical (unpaired) electrons. The lowest BCUT2D eigenvalue weighted by molar-refractivity contribution is 0.581. The third-order valence-electron chi connectivity index (χ3n) is 3.64. The van der Waals surface area contributed by atoms with Crippen molar-refractivity contribution < 1.29 is 8.42 Å². The number of hydrogen-bond donors (Lipinski definition) is 1. The van der Waals surface area contributed by atoms with Gasteiger partial charge in [-0.25, -0.2) is 18.1 Å². The quantitative estimate of drug-likeness (QED) is 0.684. The number of sulfonamides is 1. The maximum Gasteiger partial charge on any atom is 0.240 e. The molecule has 0 aliphatic heterocycles. The van der Waals surface area contributed by atoms with Crippen molar-refractivity contribution in [3.8, 4) is 0 Å². The van der Waals surface area contributed by atoms with E-state index < -0.39 is 10.0 Å². The van der Waals surface area contributed by atoms with Crippen LogP contribution in [0.3, 0.4) is 0 Å². The van der Waals surface area contributed by atoms with Crippen molar-refractivity contribution in [2.24, 2.45) is 0 Å². The van der Waals surface area contributed by atoms with Crippen LogP contribution in [0.25, 0.3) is 0 Å². The van der Waals surface area contributed by atoms with Crippen molar-refractivity contribution in [3.05, 3.63) is 80.8 Å². The molecule has 0 bridgehead atoms. The van der Waals surface area contributed by atoms with Gasteiger partial charge in [-0.15, -0.1) is 11.3 Å². The van der Waals surface area contributed by atoms with E-state index in [0.717, 1.165) is 16.3 Å². The highest BCUT2D eigenvalue weighted by molar-refractivity contribution is 7.89. The average molecular weight is 393 g/mol. The third-order valence-corrected chi connectivity index (χ3v) is 6.30. The van der Waals surface area contributed by atoms with E-state index in [1.807, 2.05) is 0 Å². The van der Waals surface area contributed by atoms with Gasteiger partial charge in [0.2, 0.25) is 10.0 Å². The summed E-state index contributed by atoms with van der Waals surface area (Å²) in [6.07, 6.45) is 2.60. The molecular weight excluding hydrogens is 376 g/mol. The number of benzene rings is 2. The van der Waals surface area contributed by atoms with E-state index in [2.05, 4.69) is 40.9 Å². The van der Waals surface area contributed by atoms with Crippen LogP contribution in [-0.2, 0) is 23.0 Å². The molecular formula is C18H17ClN2O2S2. The normalized spacial score (nSPS) is 11.6. The third kappa shape index (κ3) is 4.89. The summed E-state index contributed by atoms with van der Waals surface area (Å²) in [6.45, 7) is 2.23. The summed E-state index contributed by atoms with van der Waals surface area (Å²) in [6, 6.07) is 14.4. The van der Waals surface area contributed by atoms with Gasteiger partial charge in [-0.3, -0.25) is 0 Å². The van der Waals surface area contributed by atoms with Crippen LogP contribution in [0.15, 0.2) is 59.6 Å². The van der Waals surface area contributed by atoms with Crippen LogP contribution >= 0.6 is 22.9 Å². The topological polar surface area (TPSA) is 59.1 Å². The molecule has 7 heteroatoms. The predicted octanol–water partition coefficient (Wildman–Crippen LogP) is 4.17. The number of aromatic nitrogens is 1. The molecule has 3 aromatic rings. The van der Waals surface area contributed by atoms with Gasteiger partial charge in [0.1, 0.15) is 5.01 Å². The number of aryl methyl sites for hydroxylation is 1. The van der Waals surface area contributed by atoms with E-state index in [-0.39, 0.29) is 11.4 Å². The smallest absolute Gasteiger partial charge is 0.240 e. The van der Waals surface area contributed by atoms with Gasteiger partial charge in [0.15, 0.2) is 0 Å². The molecule has 0 amide bonds. The highest BCUT2D eigenvalue weighted by atomic mass is 35.5. The lowest BCUT2D eigenvalue weighted by Gasteiger charge is -2.05. The monoisotopic (exact) mass is 392 g/mol. The van der Waals surface area contributed by atoms with Crippen molar-refractivity contribution >= 4 is 33.0 Å². The number of nitrogens with one attached hydrogen (secondary N) is 1. The first-order valence-electron chi connectivity index (χ1n) is 7.67. The van der Waals surface area contributed by atoms with Crippen LogP contribution in [0.2, 0.25) is 5.02 Å². The molecule has 0 aliphatic rings. The first kappa shape index (κ1) is 18.1. The number of thiazole rings is 1. The number of rotatable bonds is 6. The SMILES string of the molecule is Cc1ccc(Cc2cnc(CNS(=O)(=O)c3ccc(Cl)cc3)s2)cc1. The molecule has 0 atom stereocenters. The van der Waals surface area contributed by atoms with E-state index in [4.69, 9.17) is 11.6 Å². The van der Waals surface area contributed by atoms with E-state index >= 15 is 0 Å². The van der Waals surface area contributed by atoms with Gasteiger partial charge in [-0.05, 0) is 36.8 Å². The number of hydrogen-bond acceptors (Lipinski definition) is 4. The largest absolute Gasteiger partial charge is 0.248 e. The van der Waals surface area contributed by atoms with Gasteiger partial charge in [0.05, 0.1) is 11.4 Å². The molecule has 130 valence electrons. The van der Waals surface area contributed by atoms with Crippen molar-refractivity contribution in [1.29, 1.82) is 0 Å². The fraction of sp³-hybridized carbons (Fsp3) is 0.167. The lowest BCUT2D eigenvalue weighted by Crippen LogP contribution is -2.23. The van der Waals surface area contributed by atoms with Gasteiger partial charge in [-0.2, -0.15) is 0 Å². The highest BCUT2D eigenvalue weighted by Crippen LogP contribution is 2.19. The van der Waals surface area contributed by atoms with Crippen LogP contribution in [0, 0.1) is 6.92 Å². The Morgan fingerprint density at radius 1 is 1.08 bits per heavy atom. The number of halogens is 1. The van der Waals surface area contributed by atoms with Gasteiger partial charge in [0, 0.05) is 22.5 Å². The van der Waals surface area contributed by atoms with Gasteiger partial charge in [-0.1, -0.05) is 41.4 Å². The summed E-state index contributed by atoms with van der Waals surface area (Å²) in [4.78, 5) is 5.60. The van der Waals surface area contributed by atoms with Crippen molar-refractivity contribution in [3.63, 3.8) is 0 Å². The molecule has 2 aromatic carbocycles. The lowest BCUT2D eigenvalue weighted by atomic mass is 10.1. The Morgan fingerprint density at radius 2 is 1.76 bits per heavy atom. The maximum atomic E-state index is 12.3. The Hall–Kier alpha value is -1.73. The van der Waals surface area contributed by atoms with Gasteiger partial charge in [0.25, 0.3) is 0 Å². The molecule has 0 spiro atoms. The van der Waals surface area contributed by atoms with Crippen LogP contribution in [0.1, 0.15) is 21.0 Å². The molecule has 0 unspecified atom stereocenters. The highest BCUT2D eigenvalue weighted by Gasteiger charge is 2.14. The van der Waals surface area contributed by atoms with Gasteiger partial charge >= 0.3 is 0 Å². The molecule has 1 N–H and O–H groups in total. The summed E-state index contributed by atoms with van der Waals surface area (Å²) in [5.41, 5.74) is 2.44. The summed E-state index contributed by atoms with van der Waals surface area (Å²) >= 11 is 7.30. The second-order valence-corrected chi connectivity index (χ2v) is 9.06. The molecule has 25 heavy (non-hydrogen) atoms. The molecule has 0 fully saturated rings. The fourth-order valence-corrected chi connectivity index (χ4v) is 4.37. The summed E-state index contributed by atoms with van der Waals surface area (Å²) in [5.74, 6) is 0. The Bertz CT molecular complexity index is 950. The molecule has 3 rings (SSSR count). The second kappa shape index (κ2) is 7.66. The Balaban J connectivity index is 1.63. The van der Waals surface area contributed by atoms with Crippen molar-refractivity contribution in [1.82, 2.24) is 9.71 Å². The Kier molecular flexibility index (Phi) is 5.54. The zero-order valence-corrected chi connectivity index (χ0v) is 16.0. The van der Waals surface area contributed by atoms with E-state index in [1.54, 1.807) is 18.3 Å². The summed E-state index contributed by atoms with van der Waals surface area (Å²) in [7, 11) is -3.57. The summed E-state index contributed by atoms with van der Waals surface area (Å²) < 4.78 is 27.1. The minimum absolute atomic E-state index is 0.170. The number of nitrogens with zero attached hydrogens (tertiary/aromatic N) is 1. The predicted molar refractivity (Wildman–Crippen MR) is 102 cm³/mol. The van der Waals surface area contributed by atoms with Crippen LogP contribution in [0.5, 0.6) is 0 Å². The van der Waals surface area contributed by atoms with E-state index in [0.29, 0.717) is 5.02 Å². The molecule has 0 aliphatic carbocycles. The average Bonchev–Trinajstić information content (AvgIpc) is 3.03. The zero-order chi connectivity index (χ0) is 17.9. The molecule has 1 aromatic heterocycles. The van der Waals surface area contributed by atoms with Gasteiger partial charge < -0.3 is 0 Å². The zero-order valence-electron chi connectivity index (χ0n) is 13.6. The molecule has 0 saturated carbocycles. The van der Waals surface area contributed by atoms with Crippen LogP contribution < -0.4 is 4.72 Å². The first-order chi connectivity index (χ1) is 11.9. The Labute approximate surface area is 156 Å². The first-order valence-corrected chi connectivity index (χ1v) is 10.3. The second-order valence-electron chi connectivity index (χ2n) is 5.66.